The van der Waals surface area contributed by atoms with Crippen LogP contribution in [-0.2, 0) is 16.6 Å². The van der Waals surface area contributed by atoms with Crippen molar-refractivity contribution in [2.45, 2.75) is 43.5 Å². The van der Waals surface area contributed by atoms with Gasteiger partial charge in [0.15, 0.2) is 0 Å². The molecular formula is C22H24Cl2N2O2S. The zero-order valence-corrected chi connectivity index (χ0v) is 18.6. The number of piperidine rings is 1. The highest BCUT2D eigenvalue weighted by Gasteiger charge is 2.32. The summed E-state index contributed by atoms with van der Waals surface area (Å²) in [4.78, 5) is 0.126. The van der Waals surface area contributed by atoms with Crippen LogP contribution in [0.4, 0.5) is 0 Å². The van der Waals surface area contributed by atoms with Crippen LogP contribution in [0, 0.1) is 0 Å². The van der Waals surface area contributed by atoms with Crippen molar-refractivity contribution in [2.24, 2.45) is 0 Å². The third kappa shape index (κ3) is 3.93. The topological polar surface area (TPSA) is 42.3 Å². The Morgan fingerprint density at radius 1 is 1.07 bits per heavy atom. The Kier molecular flexibility index (Phi) is 5.94. The molecule has 1 aliphatic heterocycles. The molecule has 1 saturated heterocycles. The van der Waals surface area contributed by atoms with Crippen LogP contribution in [0.3, 0.4) is 0 Å². The Labute approximate surface area is 182 Å². The maximum Gasteiger partial charge on any atom is 0.244 e. The van der Waals surface area contributed by atoms with E-state index in [4.69, 9.17) is 23.2 Å². The van der Waals surface area contributed by atoms with Gasteiger partial charge in [-0.25, -0.2) is 8.42 Å². The quantitative estimate of drug-likeness (QED) is 0.483. The zero-order valence-electron chi connectivity index (χ0n) is 16.3. The molecule has 2 aromatic carbocycles. The molecule has 1 fully saturated rings. The number of benzene rings is 2. The lowest BCUT2D eigenvalue weighted by Crippen LogP contribution is -2.38. The number of aromatic nitrogens is 1. The van der Waals surface area contributed by atoms with E-state index in [1.807, 2.05) is 0 Å². The van der Waals surface area contributed by atoms with Gasteiger partial charge in [0, 0.05) is 41.8 Å². The lowest BCUT2D eigenvalue weighted by Gasteiger charge is -2.31. The van der Waals surface area contributed by atoms with Crippen LogP contribution < -0.4 is 0 Å². The minimum absolute atomic E-state index is 0.126. The predicted octanol–water partition coefficient (Wildman–Crippen LogP) is 5.93. The number of hydrogen-bond donors (Lipinski definition) is 0. The number of hydrogen-bond acceptors (Lipinski definition) is 2. The molecule has 7 heteroatoms. The standard InChI is InChI=1S/C22H24Cl2N2O2S/c1-2-11-25-15-19(18-5-3-4-6-21(18)25)16-9-12-26(13-10-16)29(27,28)22-8-7-17(23)14-20(22)24/h3-8,14-16H,2,9-13H2,1H3. The summed E-state index contributed by atoms with van der Waals surface area (Å²) in [6.45, 7) is 4.14. The second-order valence-corrected chi connectivity index (χ2v) is 10.3. The summed E-state index contributed by atoms with van der Waals surface area (Å²) in [7, 11) is -3.62. The van der Waals surface area contributed by atoms with E-state index in [0.29, 0.717) is 24.0 Å². The molecule has 0 atom stereocenters. The van der Waals surface area contributed by atoms with Gasteiger partial charge in [-0.1, -0.05) is 48.3 Å². The van der Waals surface area contributed by atoms with Gasteiger partial charge in [-0.2, -0.15) is 4.31 Å². The fourth-order valence-electron chi connectivity index (χ4n) is 4.26. The monoisotopic (exact) mass is 450 g/mol. The largest absolute Gasteiger partial charge is 0.347 e. The van der Waals surface area contributed by atoms with E-state index in [2.05, 4.69) is 42.0 Å². The molecule has 0 spiro atoms. The number of halogens is 2. The first-order valence-electron chi connectivity index (χ1n) is 9.94. The molecule has 4 nitrogen and oxygen atoms in total. The highest BCUT2D eigenvalue weighted by molar-refractivity contribution is 7.89. The molecule has 3 aromatic rings. The Morgan fingerprint density at radius 2 is 1.79 bits per heavy atom. The van der Waals surface area contributed by atoms with Crippen LogP contribution >= 0.6 is 23.2 Å². The highest BCUT2D eigenvalue weighted by atomic mass is 35.5. The second-order valence-electron chi connectivity index (χ2n) is 7.55. The average molecular weight is 451 g/mol. The van der Waals surface area contributed by atoms with Gasteiger partial charge < -0.3 is 4.57 Å². The molecule has 1 aliphatic rings. The summed E-state index contributed by atoms with van der Waals surface area (Å²) in [5.41, 5.74) is 2.59. The summed E-state index contributed by atoms with van der Waals surface area (Å²) < 4.78 is 30.0. The predicted molar refractivity (Wildman–Crippen MR) is 119 cm³/mol. The minimum atomic E-state index is -3.62. The molecular weight excluding hydrogens is 427 g/mol. The van der Waals surface area contributed by atoms with Crippen molar-refractivity contribution in [2.75, 3.05) is 13.1 Å². The first-order chi connectivity index (χ1) is 13.9. The molecule has 0 aliphatic carbocycles. The lowest BCUT2D eigenvalue weighted by molar-refractivity contribution is 0.320. The summed E-state index contributed by atoms with van der Waals surface area (Å²) in [6.07, 6.45) is 4.94. The van der Waals surface area contributed by atoms with Crippen molar-refractivity contribution >= 4 is 44.1 Å². The molecule has 0 unspecified atom stereocenters. The number of rotatable bonds is 5. The molecule has 29 heavy (non-hydrogen) atoms. The molecule has 1 aromatic heterocycles. The SMILES string of the molecule is CCCn1cc(C2CCN(S(=O)(=O)c3ccc(Cl)cc3Cl)CC2)c2ccccc21. The van der Waals surface area contributed by atoms with Crippen molar-refractivity contribution in [3.05, 3.63) is 64.3 Å². The van der Waals surface area contributed by atoms with Gasteiger partial charge in [0.05, 0.1) is 5.02 Å². The highest BCUT2D eigenvalue weighted by Crippen LogP contribution is 2.37. The summed E-state index contributed by atoms with van der Waals surface area (Å²) in [6, 6.07) is 13.0. The van der Waals surface area contributed by atoms with Gasteiger partial charge in [-0.15, -0.1) is 0 Å². The maximum absolute atomic E-state index is 13.1. The van der Waals surface area contributed by atoms with Crippen molar-refractivity contribution in [1.82, 2.24) is 8.87 Å². The Morgan fingerprint density at radius 3 is 2.48 bits per heavy atom. The van der Waals surface area contributed by atoms with Crippen LogP contribution in [0.5, 0.6) is 0 Å². The second kappa shape index (κ2) is 8.31. The lowest BCUT2D eigenvalue weighted by atomic mass is 9.90. The minimum Gasteiger partial charge on any atom is -0.347 e. The molecule has 0 bridgehead atoms. The van der Waals surface area contributed by atoms with E-state index in [9.17, 15) is 8.42 Å². The fraction of sp³-hybridized carbons (Fsp3) is 0.364. The third-order valence-corrected chi connectivity index (χ3v) is 8.31. The number of aryl methyl sites for hydroxylation is 1. The number of para-hydroxylation sites is 1. The summed E-state index contributed by atoms with van der Waals surface area (Å²) in [5, 5.41) is 1.88. The van der Waals surface area contributed by atoms with Gasteiger partial charge in [-0.3, -0.25) is 0 Å². The number of nitrogens with zero attached hydrogens (tertiary/aromatic N) is 2. The van der Waals surface area contributed by atoms with Crippen LogP contribution in [0.1, 0.15) is 37.7 Å². The first kappa shape index (κ1) is 20.7. The maximum atomic E-state index is 13.1. The molecule has 2 heterocycles. The van der Waals surface area contributed by atoms with E-state index in [-0.39, 0.29) is 9.92 Å². The van der Waals surface area contributed by atoms with Gasteiger partial charge in [0.1, 0.15) is 4.90 Å². The molecule has 154 valence electrons. The molecule has 0 saturated carbocycles. The van der Waals surface area contributed by atoms with E-state index in [1.165, 1.54) is 28.6 Å². The van der Waals surface area contributed by atoms with Gasteiger partial charge in [0.25, 0.3) is 0 Å². The molecule has 0 N–H and O–H groups in total. The number of sulfonamides is 1. The Bertz CT molecular complexity index is 1130. The van der Waals surface area contributed by atoms with Crippen molar-refractivity contribution in [3.8, 4) is 0 Å². The molecule has 0 amide bonds. The first-order valence-corrected chi connectivity index (χ1v) is 12.1. The van der Waals surface area contributed by atoms with Crippen LogP contribution in [0.15, 0.2) is 53.6 Å². The molecule has 0 radical (unpaired) electrons. The average Bonchev–Trinajstić information content (AvgIpc) is 3.07. The summed E-state index contributed by atoms with van der Waals surface area (Å²) in [5.74, 6) is 0.352. The van der Waals surface area contributed by atoms with Crippen LogP contribution in [0.2, 0.25) is 10.0 Å². The van der Waals surface area contributed by atoms with Crippen molar-refractivity contribution < 1.29 is 8.42 Å². The van der Waals surface area contributed by atoms with Gasteiger partial charge in [0.2, 0.25) is 10.0 Å². The van der Waals surface area contributed by atoms with Gasteiger partial charge in [-0.05, 0) is 55.0 Å². The van der Waals surface area contributed by atoms with Crippen LogP contribution in [-0.4, -0.2) is 30.4 Å². The smallest absolute Gasteiger partial charge is 0.244 e. The zero-order chi connectivity index (χ0) is 20.6. The van der Waals surface area contributed by atoms with E-state index < -0.39 is 10.0 Å². The molecule has 4 rings (SSSR count). The Hall–Kier alpha value is -1.53. The normalized spacial score (nSPS) is 16.5. The van der Waals surface area contributed by atoms with Crippen LogP contribution in [0.25, 0.3) is 10.9 Å². The third-order valence-electron chi connectivity index (χ3n) is 5.69. The van der Waals surface area contributed by atoms with E-state index in [0.717, 1.165) is 25.8 Å². The van der Waals surface area contributed by atoms with Crippen molar-refractivity contribution in [3.63, 3.8) is 0 Å². The van der Waals surface area contributed by atoms with E-state index in [1.54, 1.807) is 10.4 Å². The summed E-state index contributed by atoms with van der Waals surface area (Å²) >= 11 is 12.1. The Balaban J connectivity index is 1.56. The van der Waals surface area contributed by atoms with Crippen molar-refractivity contribution in [1.29, 1.82) is 0 Å². The fourth-order valence-corrected chi connectivity index (χ4v) is 6.47. The number of fused-ring (bicyclic) bond motifs is 1. The van der Waals surface area contributed by atoms with E-state index >= 15 is 0 Å². The van der Waals surface area contributed by atoms with Gasteiger partial charge >= 0.3 is 0 Å².